The van der Waals surface area contributed by atoms with Crippen LogP contribution >= 0.6 is 0 Å². The van der Waals surface area contributed by atoms with E-state index < -0.39 is 11.7 Å². The van der Waals surface area contributed by atoms with Crippen molar-refractivity contribution < 1.29 is 17.7 Å². The topological polar surface area (TPSA) is 70.8 Å². The van der Waals surface area contributed by atoms with Gasteiger partial charge in [0.15, 0.2) is 0 Å². The Labute approximate surface area is 170 Å². The highest BCUT2D eigenvalue weighted by molar-refractivity contribution is 5.77. The van der Waals surface area contributed by atoms with Crippen molar-refractivity contribution >= 4 is 11.0 Å². The van der Waals surface area contributed by atoms with Gasteiger partial charge in [-0.2, -0.15) is 18.2 Å². The molecule has 6 nitrogen and oxygen atoms in total. The average Bonchev–Trinajstić information content (AvgIpc) is 3.28. The summed E-state index contributed by atoms with van der Waals surface area (Å²) in [4.78, 5) is 14.2. The van der Waals surface area contributed by atoms with E-state index in [9.17, 15) is 13.2 Å². The Hall–Kier alpha value is -3.20. The van der Waals surface area contributed by atoms with Crippen LogP contribution in [0.15, 0.2) is 40.9 Å². The number of nitrogens with one attached hydrogen (secondary N) is 1. The number of aromatic amines is 1. The summed E-state index contributed by atoms with van der Waals surface area (Å²) < 4.78 is 43.3. The standard InChI is InChI=1S/C21H20F3N5O/c1-12-8-16-17(9-13(12)2)26-18(25-16)10-29(3)11-19-27-20(28-30-19)14-4-6-15(7-5-14)21(22,23)24/h4-9H,10-11H2,1-3H3,(H,25,26). The van der Waals surface area contributed by atoms with Crippen molar-refractivity contribution in [2.45, 2.75) is 33.1 Å². The monoisotopic (exact) mass is 415 g/mol. The molecule has 0 saturated carbocycles. The lowest BCUT2D eigenvalue weighted by Crippen LogP contribution is -2.18. The Bertz CT molecular complexity index is 1140. The average molecular weight is 415 g/mol. The lowest BCUT2D eigenvalue weighted by atomic mass is 10.1. The Morgan fingerprint density at radius 2 is 1.70 bits per heavy atom. The van der Waals surface area contributed by atoms with E-state index in [-0.39, 0.29) is 5.82 Å². The molecule has 1 N–H and O–H groups in total. The first kappa shape index (κ1) is 20.1. The zero-order valence-corrected chi connectivity index (χ0v) is 16.7. The normalized spacial score (nSPS) is 12.2. The van der Waals surface area contributed by atoms with E-state index in [1.165, 1.54) is 23.3 Å². The minimum Gasteiger partial charge on any atom is -0.341 e. The number of benzene rings is 2. The largest absolute Gasteiger partial charge is 0.416 e. The van der Waals surface area contributed by atoms with Gasteiger partial charge in [0.2, 0.25) is 11.7 Å². The van der Waals surface area contributed by atoms with Crippen LogP contribution in [0.3, 0.4) is 0 Å². The Balaban J connectivity index is 1.43. The van der Waals surface area contributed by atoms with Crippen molar-refractivity contribution in [1.82, 2.24) is 25.0 Å². The molecule has 0 atom stereocenters. The molecule has 0 spiro atoms. The molecule has 156 valence electrons. The lowest BCUT2D eigenvalue weighted by molar-refractivity contribution is -0.137. The van der Waals surface area contributed by atoms with Crippen molar-refractivity contribution in [3.8, 4) is 11.4 Å². The van der Waals surface area contributed by atoms with E-state index in [0.29, 0.717) is 24.5 Å². The number of nitrogens with zero attached hydrogens (tertiary/aromatic N) is 4. The van der Waals surface area contributed by atoms with Gasteiger partial charge < -0.3 is 9.51 Å². The molecule has 2 aromatic heterocycles. The van der Waals surface area contributed by atoms with Crippen molar-refractivity contribution in [3.63, 3.8) is 0 Å². The quantitative estimate of drug-likeness (QED) is 0.503. The van der Waals surface area contributed by atoms with E-state index >= 15 is 0 Å². The molecule has 0 saturated heterocycles. The maximum atomic E-state index is 12.7. The predicted octanol–water partition coefficient (Wildman–Crippen LogP) is 4.88. The summed E-state index contributed by atoms with van der Waals surface area (Å²) in [7, 11) is 1.89. The van der Waals surface area contributed by atoms with E-state index in [1.807, 2.05) is 11.9 Å². The van der Waals surface area contributed by atoms with Crippen LogP contribution < -0.4 is 0 Å². The highest BCUT2D eigenvalue weighted by Gasteiger charge is 2.30. The number of aryl methyl sites for hydroxylation is 2. The van der Waals surface area contributed by atoms with E-state index in [2.05, 4.69) is 46.1 Å². The summed E-state index contributed by atoms with van der Waals surface area (Å²) >= 11 is 0. The first-order chi connectivity index (χ1) is 14.2. The van der Waals surface area contributed by atoms with Gasteiger partial charge in [0, 0.05) is 5.56 Å². The molecular weight excluding hydrogens is 395 g/mol. The second kappa shape index (κ2) is 7.56. The summed E-state index contributed by atoms with van der Waals surface area (Å²) in [5.41, 5.74) is 4.05. The summed E-state index contributed by atoms with van der Waals surface area (Å²) in [6, 6.07) is 8.80. The van der Waals surface area contributed by atoms with Crippen LogP contribution in [0.5, 0.6) is 0 Å². The highest BCUT2D eigenvalue weighted by Crippen LogP contribution is 2.30. The van der Waals surface area contributed by atoms with Crippen LogP contribution in [0, 0.1) is 13.8 Å². The Morgan fingerprint density at radius 3 is 2.40 bits per heavy atom. The fourth-order valence-electron chi connectivity index (χ4n) is 3.18. The van der Waals surface area contributed by atoms with Crippen molar-refractivity contribution in [2.24, 2.45) is 0 Å². The van der Waals surface area contributed by atoms with Gasteiger partial charge in [0.25, 0.3) is 0 Å². The summed E-state index contributed by atoms with van der Waals surface area (Å²) in [6.45, 7) is 5.04. The van der Waals surface area contributed by atoms with Gasteiger partial charge in [-0.1, -0.05) is 17.3 Å². The van der Waals surface area contributed by atoms with E-state index in [0.717, 1.165) is 29.0 Å². The molecule has 0 amide bonds. The molecule has 4 aromatic rings. The van der Waals surface area contributed by atoms with Crippen molar-refractivity contribution in [1.29, 1.82) is 0 Å². The molecule has 9 heteroatoms. The molecular formula is C21H20F3N5O. The lowest BCUT2D eigenvalue weighted by Gasteiger charge is -2.11. The number of halogens is 3. The summed E-state index contributed by atoms with van der Waals surface area (Å²) in [6.07, 6.45) is -4.38. The third kappa shape index (κ3) is 4.20. The number of hydrogen-bond donors (Lipinski definition) is 1. The molecule has 0 unspecified atom stereocenters. The van der Waals surface area contributed by atoms with Crippen LogP contribution in [-0.4, -0.2) is 32.1 Å². The highest BCUT2D eigenvalue weighted by atomic mass is 19.4. The van der Waals surface area contributed by atoms with Gasteiger partial charge >= 0.3 is 6.18 Å². The zero-order chi connectivity index (χ0) is 21.5. The van der Waals surface area contributed by atoms with Gasteiger partial charge in [-0.3, -0.25) is 4.90 Å². The van der Waals surface area contributed by atoms with Crippen LogP contribution in [0.25, 0.3) is 22.4 Å². The van der Waals surface area contributed by atoms with Gasteiger partial charge in [0.05, 0.1) is 29.7 Å². The molecule has 0 aliphatic heterocycles. The maximum Gasteiger partial charge on any atom is 0.416 e. The Morgan fingerprint density at radius 1 is 1.00 bits per heavy atom. The van der Waals surface area contributed by atoms with Gasteiger partial charge in [-0.25, -0.2) is 4.98 Å². The third-order valence-electron chi connectivity index (χ3n) is 4.91. The molecule has 2 heterocycles. The molecule has 0 fully saturated rings. The number of imidazole rings is 1. The van der Waals surface area contributed by atoms with Crippen LogP contribution in [0.2, 0.25) is 0 Å². The number of alkyl halides is 3. The summed E-state index contributed by atoms with van der Waals surface area (Å²) in [5.74, 6) is 1.44. The first-order valence-electron chi connectivity index (χ1n) is 9.33. The van der Waals surface area contributed by atoms with E-state index in [4.69, 9.17) is 4.52 Å². The van der Waals surface area contributed by atoms with Crippen molar-refractivity contribution in [3.05, 3.63) is 64.8 Å². The number of hydrogen-bond acceptors (Lipinski definition) is 5. The first-order valence-corrected chi connectivity index (χ1v) is 9.33. The van der Waals surface area contributed by atoms with Crippen LogP contribution in [0.1, 0.15) is 28.4 Å². The van der Waals surface area contributed by atoms with Gasteiger partial charge in [-0.15, -0.1) is 0 Å². The predicted molar refractivity (Wildman–Crippen MR) is 105 cm³/mol. The fourth-order valence-corrected chi connectivity index (χ4v) is 3.18. The number of fused-ring (bicyclic) bond motifs is 1. The molecule has 0 aliphatic rings. The number of H-pyrrole nitrogens is 1. The fraction of sp³-hybridized carbons (Fsp3) is 0.286. The SMILES string of the molecule is Cc1cc2nc(CN(C)Cc3nc(-c4ccc(C(F)(F)F)cc4)no3)[nH]c2cc1C. The number of aromatic nitrogens is 4. The molecule has 0 aliphatic carbocycles. The van der Waals surface area contributed by atoms with Gasteiger partial charge in [0.1, 0.15) is 5.82 Å². The summed E-state index contributed by atoms with van der Waals surface area (Å²) in [5, 5.41) is 3.88. The Kier molecular flexibility index (Phi) is 5.07. The smallest absolute Gasteiger partial charge is 0.341 e. The number of rotatable bonds is 5. The van der Waals surface area contributed by atoms with Crippen LogP contribution in [0.4, 0.5) is 13.2 Å². The van der Waals surface area contributed by atoms with Gasteiger partial charge in [-0.05, 0) is 56.3 Å². The minimum absolute atomic E-state index is 0.252. The molecule has 4 rings (SSSR count). The second-order valence-corrected chi connectivity index (χ2v) is 7.40. The second-order valence-electron chi connectivity index (χ2n) is 7.40. The molecule has 30 heavy (non-hydrogen) atoms. The minimum atomic E-state index is -4.38. The maximum absolute atomic E-state index is 12.7. The van der Waals surface area contributed by atoms with Crippen molar-refractivity contribution in [2.75, 3.05) is 7.05 Å². The van der Waals surface area contributed by atoms with E-state index in [1.54, 1.807) is 0 Å². The third-order valence-corrected chi connectivity index (χ3v) is 4.91. The zero-order valence-electron chi connectivity index (χ0n) is 16.7. The molecule has 2 aromatic carbocycles. The van der Waals surface area contributed by atoms with Crippen LogP contribution in [-0.2, 0) is 19.3 Å². The molecule has 0 bridgehead atoms. The molecule has 0 radical (unpaired) electrons.